The number of amides is 4. The Bertz CT molecular complexity index is 669. The predicted octanol–water partition coefficient (Wildman–Crippen LogP) is 2.24. The molecule has 1 aromatic carbocycles. The molecule has 0 aliphatic carbocycles. The van der Waals surface area contributed by atoms with Crippen LogP contribution < -0.4 is 16.0 Å². The summed E-state index contributed by atoms with van der Waals surface area (Å²) in [6, 6.07) is 3.82. The van der Waals surface area contributed by atoms with Gasteiger partial charge in [0.15, 0.2) is 0 Å². The molecular formula is C16H20Cl2N4O3. The summed E-state index contributed by atoms with van der Waals surface area (Å²) in [7, 11) is 0. The maximum Gasteiger partial charge on any atom is 0.321 e. The van der Waals surface area contributed by atoms with Crippen molar-refractivity contribution in [1.82, 2.24) is 15.5 Å². The molecule has 136 valence electrons. The lowest BCUT2D eigenvalue weighted by Crippen LogP contribution is -2.48. The van der Waals surface area contributed by atoms with E-state index in [4.69, 9.17) is 23.2 Å². The van der Waals surface area contributed by atoms with Gasteiger partial charge in [-0.15, -0.1) is 0 Å². The maximum absolute atomic E-state index is 12.5. The number of benzene rings is 1. The van der Waals surface area contributed by atoms with Gasteiger partial charge in [0.1, 0.15) is 0 Å². The third-order valence-corrected chi connectivity index (χ3v) is 4.34. The summed E-state index contributed by atoms with van der Waals surface area (Å²) >= 11 is 11.9. The van der Waals surface area contributed by atoms with E-state index in [9.17, 15) is 14.4 Å². The van der Waals surface area contributed by atoms with Gasteiger partial charge in [-0.05, 0) is 44.5 Å². The highest BCUT2D eigenvalue weighted by molar-refractivity contribution is 6.36. The number of urea groups is 1. The Morgan fingerprint density at radius 2 is 2.04 bits per heavy atom. The van der Waals surface area contributed by atoms with Crippen molar-refractivity contribution in [2.75, 3.05) is 25.0 Å². The molecule has 3 N–H and O–H groups in total. The van der Waals surface area contributed by atoms with Crippen molar-refractivity contribution in [3.63, 3.8) is 0 Å². The highest BCUT2D eigenvalue weighted by atomic mass is 35.5. The second-order valence-electron chi connectivity index (χ2n) is 5.65. The highest BCUT2D eigenvalue weighted by Gasteiger charge is 2.32. The molecule has 1 aliphatic rings. The average Bonchev–Trinajstić information content (AvgIpc) is 2.98. The summed E-state index contributed by atoms with van der Waals surface area (Å²) in [6.07, 6.45) is 1.42. The van der Waals surface area contributed by atoms with Gasteiger partial charge in [-0.2, -0.15) is 0 Å². The zero-order valence-corrected chi connectivity index (χ0v) is 15.3. The predicted molar refractivity (Wildman–Crippen MR) is 96.9 cm³/mol. The number of nitrogens with zero attached hydrogens (tertiary/aromatic N) is 1. The molecule has 1 heterocycles. The second kappa shape index (κ2) is 9.03. The van der Waals surface area contributed by atoms with Crippen molar-refractivity contribution in [2.24, 2.45) is 0 Å². The van der Waals surface area contributed by atoms with E-state index in [1.807, 2.05) is 0 Å². The lowest BCUT2D eigenvalue weighted by Gasteiger charge is -2.23. The minimum absolute atomic E-state index is 0.0242. The average molecular weight is 387 g/mol. The quantitative estimate of drug-likeness (QED) is 0.723. The lowest BCUT2D eigenvalue weighted by molar-refractivity contribution is -0.124. The van der Waals surface area contributed by atoms with Crippen molar-refractivity contribution in [3.05, 3.63) is 28.2 Å². The Labute approximate surface area is 156 Å². The largest absolute Gasteiger partial charge is 0.338 e. The fourth-order valence-corrected chi connectivity index (χ4v) is 3.13. The molecule has 0 aromatic heterocycles. The first kappa shape index (κ1) is 19.5. The molecule has 1 atom stereocenters. The van der Waals surface area contributed by atoms with Crippen LogP contribution in [-0.2, 0) is 9.59 Å². The van der Waals surface area contributed by atoms with Gasteiger partial charge in [-0.1, -0.05) is 23.2 Å². The van der Waals surface area contributed by atoms with Crippen LogP contribution in [0.1, 0.15) is 19.8 Å². The minimum Gasteiger partial charge on any atom is -0.338 e. The number of carbonyl (C=O) groups is 3. The number of anilines is 1. The molecule has 1 aliphatic heterocycles. The molecule has 0 unspecified atom stereocenters. The van der Waals surface area contributed by atoms with Crippen LogP contribution in [-0.4, -0.2) is 48.4 Å². The molecule has 1 fully saturated rings. The smallest absolute Gasteiger partial charge is 0.321 e. The van der Waals surface area contributed by atoms with E-state index < -0.39 is 18.0 Å². The van der Waals surface area contributed by atoms with Gasteiger partial charge in [-0.3, -0.25) is 19.8 Å². The summed E-state index contributed by atoms with van der Waals surface area (Å²) in [5.41, 5.74) is 0.467. The number of hydrogen-bond acceptors (Lipinski definition) is 4. The Hall–Kier alpha value is -1.83. The molecule has 1 aromatic rings. The molecule has 1 saturated heterocycles. The van der Waals surface area contributed by atoms with Gasteiger partial charge < -0.3 is 10.6 Å². The molecule has 4 amide bonds. The molecule has 0 spiro atoms. The summed E-state index contributed by atoms with van der Waals surface area (Å²) in [4.78, 5) is 37.6. The van der Waals surface area contributed by atoms with E-state index >= 15 is 0 Å². The monoisotopic (exact) mass is 386 g/mol. The van der Waals surface area contributed by atoms with Crippen LogP contribution in [0.25, 0.3) is 0 Å². The Morgan fingerprint density at radius 3 is 2.72 bits per heavy atom. The first-order chi connectivity index (χ1) is 11.9. The van der Waals surface area contributed by atoms with E-state index in [2.05, 4.69) is 16.0 Å². The number of hydrogen-bond donors (Lipinski definition) is 3. The van der Waals surface area contributed by atoms with Crippen molar-refractivity contribution >= 4 is 46.7 Å². The lowest BCUT2D eigenvalue weighted by atomic mass is 10.2. The normalized spacial score (nSPS) is 17.2. The van der Waals surface area contributed by atoms with Crippen molar-refractivity contribution in [2.45, 2.75) is 25.8 Å². The van der Waals surface area contributed by atoms with Crippen LogP contribution in [0.3, 0.4) is 0 Å². The van der Waals surface area contributed by atoms with Crippen LogP contribution in [0.15, 0.2) is 18.2 Å². The van der Waals surface area contributed by atoms with E-state index in [-0.39, 0.29) is 12.5 Å². The van der Waals surface area contributed by atoms with Gasteiger partial charge in [0.05, 0.1) is 23.3 Å². The minimum atomic E-state index is -0.541. The van der Waals surface area contributed by atoms with Gasteiger partial charge >= 0.3 is 6.03 Å². The number of halogens is 2. The van der Waals surface area contributed by atoms with Crippen molar-refractivity contribution in [1.29, 1.82) is 0 Å². The SMILES string of the molecule is CCNC(=O)NC(=O)CN1CCC[C@@H]1C(=O)Nc1ccc(Cl)cc1Cl. The number of nitrogens with one attached hydrogen (secondary N) is 3. The topological polar surface area (TPSA) is 90.5 Å². The number of imide groups is 1. The van der Waals surface area contributed by atoms with E-state index in [0.717, 1.165) is 6.42 Å². The molecular weight excluding hydrogens is 367 g/mol. The van der Waals surface area contributed by atoms with Gasteiger partial charge in [0.2, 0.25) is 11.8 Å². The summed E-state index contributed by atoms with van der Waals surface area (Å²) in [5, 5.41) is 8.31. The van der Waals surface area contributed by atoms with Gasteiger partial charge in [-0.25, -0.2) is 4.79 Å². The standard InChI is InChI=1S/C16H20Cl2N4O3/c1-2-19-16(25)21-14(23)9-22-7-3-4-13(22)15(24)20-12-6-5-10(17)8-11(12)18/h5-6,8,13H,2-4,7,9H2,1H3,(H,20,24)(H2,19,21,23,25)/t13-/m1/s1. The van der Waals surface area contributed by atoms with Crippen LogP contribution >= 0.6 is 23.2 Å². The van der Waals surface area contributed by atoms with Crippen molar-refractivity contribution in [3.8, 4) is 0 Å². The number of carbonyl (C=O) groups excluding carboxylic acids is 3. The fourth-order valence-electron chi connectivity index (χ4n) is 2.67. The van der Waals surface area contributed by atoms with Crippen molar-refractivity contribution < 1.29 is 14.4 Å². The highest BCUT2D eigenvalue weighted by Crippen LogP contribution is 2.26. The first-order valence-electron chi connectivity index (χ1n) is 7.98. The van der Waals surface area contributed by atoms with E-state index in [0.29, 0.717) is 35.2 Å². The Morgan fingerprint density at radius 1 is 1.28 bits per heavy atom. The van der Waals surface area contributed by atoms with E-state index in [1.54, 1.807) is 30.0 Å². The molecule has 0 radical (unpaired) electrons. The number of rotatable bonds is 5. The van der Waals surface area contributed by atoms with Gasteiger partial charge in [0, 0.05) is 11.6 Å². The van der Waals surface area contributed by atoms with Crippen LogP contribution in [0.5, 0.6) is 0 Å². The molecule has 0 bridgehead atoms. The molecule has 0 saturated carbocycles. The summed E-state index contributed by atoms with van der Waals surface area (Å²) < 4.78 is 0. The Balaban J connectivity index is 1.94. The van der Waals surface area contributed by atoms with Gasteiger partial charge in [0.25, 0.3) is 0 Å². The third kappa shape index (κ3) is 5.59. The summed E-state index contributed by atoms with van der Waals surface area (Å²) in [6.45, 7) is 2.77. The zero-order valence-electron chi connectivity index (χ0n) is 13.8. The van der Waals surface area contributed by atoms with Crippen LogP contribution in [0.2, 0.25) is 10.0 Å². The number of likely N-dealkylation sites (tertiary alicyclic amines) is 1. The third-order valence-electron chi connectivity index (χ3n) is 3.79. The van der Waals surface area contributed by atoms with Crippen LogP contribution in [0, 0.1) is 0 Å². The first-order valence-corrected chi connectivity index (χ1v) is 8.74. The molecule has 7 nitrogen and oxygen atoms in total. The maximum atomic E-state index is 12.5. The fraction of sp³-hybridized carbons (Fsp3) is 0.438. The molecule has 2 rings (SSSR count). The Kier molecular flexibility index (Phi) is 7.04. The second-order valence-corrected chi connectivity index (χ2v) is 6.49. The van der Waals surface area contributed by atoms with Crippen LogP contribution in [0.4, 0.5) is 10.5 Å². The molecule has 25 heavy (non-hydrogen) atoms. The summed E-state index contributed by atoms with van der Waals surface area (Å²) in [5.74, 6) is -0.692. The van der Waals surface area contributed by atoms with E-state index in [1.165, 1.54) is 0 Å². The molecule has 9 heteroatoms. The zero-order chi connectivity index (χ0) is 18.4.